The molecule has 0 aromatic heterocycles. The Kier molecular flexibility index (Phi) is 3.03. The van der Waals surface area contributed by atoms with E-state index in [4.69, 9.17) is 5.26 Å². The molecule has 0 amide bonds. The lowest BCUT2D eigenvalue weighted by molar-refractivity contribution is 0.0336. The molecule has 1 rings (SSSR count). The molecule has 0 saturated heterocycles. The van der Waals surface area contributed by atoms with Gasteiger partial charge in [-0.25, -0.2) is 0 Å². The molecule has 0 spiro atoms. The van der Waals surface area contributed by atoms with E-state index in [0.29, 0.717) is 12.0 Å². The summed E-state index contributed by atoms with van der Waals surface area (Å²) in [4.78, 5) is 0. The average molecular weight is 165 g/mol. The molecule has 0 radical (unpaired) electrons. The van der Waals surface area contributed by atoms with Gasteiger partial charge in [0, 0.05) is 6.08 Å². The zero-order chi connectivity index (χ0) is 8.97. The van der Waals surface area contributed by atoms with Crippen molar-refractivity contribution in [2.45, 2.75) is 25.0 Å². The summed E-state index contributed by atoms with van der Waals surface area (Å²) in [6, 6.07) is 1.84. The van der Waals surface area contributed by atoms with Gasteiger partial charge in [0.05, 0.1) is 12.2 Å². The molecule has 64 valence electrons. The number of hydrogen-bond donors (Lipinski definition) is 2. The second kappa shape index (κ2) is 4.05. The van der Waals surface area contributed by atoms with E-state index in [-0.39, 0.29) is 0 Å². The molecule has 0 bridgehead atoms. The highest BCUT2D eigenvalue weighted by Crippen LogP contribution is 2.19. The van der Waals surface area contributed by atoms with Crippen LogP contribution in [0, 0.1) is 11.3 Å². The fourth-order valence-corrected chi connectivity index (χ4v) is 1.22. The van der Waals surface area contributed by atoms with E-state index in [9.17, 15) is 10.2 Å². The van der Waals surface area contributed by atoms with Gasteiger partial charge in [0.15, 0.2) is 0 Å². The van der Waals surface area contributed by atoms with Crippen LogP contribution in [0.4, 0.5) is 0 Å². The van der Waals surface area contributed by atoms with E-state index in [1.54, 1.807) is 0 Å². The second-order valence-corrected chi connectivity index (χ2v) is 2.76. The molecule has 0 fully saturated rings. The second-order valence-electron chi connectivity index (χ2n) is 2.76. The molecule has 2 unspecified atom stereocenters. The minimum Gasteiger partial charge on any atom is -0.390 e. The third-order valence-corrected chi connectivity index (χ3v) is 1.90. The highest BCUT2D eigenvalue weighted by molar-refractivity contribution is 5.29. The van der Waals surface area contributed by atoms with Crippen LogP contribution < -0.4 is 0 Å². The zero-order valence-electron chi connectivity index (χ0n) is 6.64. The van der Waals surface area contributed by atoms with Gasteiger partial charge < -0.3 is 10.2 Å². The highest BCUT2D eigenvalue weighted by atomic mass is 16.3. The van der Waals surface area contributed by atoms with Crippen molar-refractivity contribution in [3.8, 4) is 6.07 Å². The van der Waals surface area contributed by atoms with Crippen molar-refractivity contribution in [3.05, 3.63) is 23.8 Å². The van der Waals surface area contributed by atoms with Crippen LogP contribution in [0.2, 0.25) is 0 Å². The standard InChI is InChI=1S/C9H11NO2/c10-6-2-4-7-3-1-5-8(11)9(7)12/h2-4,8-9,11-12H,1,5H2/b4-2+. The molecule has 0 aromatic carbocycles. The molecule has 1 aliphatic carbocycles. The normalized spacial score (nSPS) is 29.9. The molecule has 0 aromatic rings. The summed E-state index contributed by atoms with van der Waals surface area (Å²) in [6.07, 6.45) is 4.50. The summed E-state index contributed by atoms with van der Waals surface area (Å²) < 4.78 is 0. The lowest BCUT2D eigenvalue weighted by atomic mass is 9.94. The topological polar surface area (TPSA) is 64.2 Å². The van der Waals surface area contributed by atoms with Crippen molar-refractivity contribution < 1.29 is 10.2 Å². The highest BCUT2D eigenvalue weighted by Gasteiger charge is 2.21. The van der Waals surface area contributed by atoms with E-state index in [1.807, 2.05) is 12.1 Å². The first-order chi connectivity index (χ1) is 5.75. The summed E-state index contributed by atoms with van der Waals surface area (Å²) in [7, 11) is 0. The van der Waals surface area contributed by atoms with Crippen LogP contribution in [-0.4, -0.2) is 22.4 Å². The minimum absolute atomic E-state index is 0.588. The van der Waals surface area contributed by atoms with Gasteiger partial charge in [0.2, 0.25) is 0 Å². The number of aliphatic hydroxyl groups is 2. The van der Waals surface area contributed by atoms with Gasteiger partial charge in [-0.15, -0.1) is 0 Å². The maximum absolute atomic E-state index is 9.39. The van der Waals surface area contributed by atoms with Gasteiger partial charge >= 0.3 is 0 Å². The van der Waals surface area contributed by atoms with Crippen LogP contribution in [0.1, 0.15) is 12.8 Å². The van der Waals surface area contributed by atoms with Crippen molar-refractivity contribution in [3.63, 3.8) is 0 Å². The maximum atomic E-state index is 9.39. The van der Waals surface area contributed by atoms with E-state index in [1.165, 1.54) is 12.2 Å². The van der Waals surface area contributed by atoms with E-state index >= 15 is 0 Å². The number of nitrogens with zero attached hydrogens (tertiary/aromatic N) is 1. The Bertz CT molecular complexity index is 250. The lowest BCUT2D eigenvalue weighted by Crippen LogP contribution is -2.29. The van der Waals surface area contributed by atoms with Gasteiger partial charge in [0.25, 0.3) is 0 Å². The number of aliphatic hydroxyl groups excluding tert-OH is 2. The largest absolute Gasteiger partial charge is 0.390 e. The van der Waals surface area contributed by atoms with Crippen molar-refractivity contribution in [2.75, 3.05) is 0 Å². The number of hydrogen-bond acceptors (Lipinski definition) is 3. The summed E-state index contributed by atoms with van der Waals surface area (Å²) in [5.41, 5.74) is 0.635. The SMILES string of the molecule is N#C/C=C/C1=CCCC(O)C1O. The molecule has 2 atom stereocenters. The van der Waals surface area contributed by atoms with Gasteiger partial charge in [0.1, 0.15) is 6.10 Å². The fraction of sp³-hybridized carbons (Fsp3) is 0.444. The summed E-state index contributed by atoms with van der Waals surface area (Å²) in [5.74, 6) is 0. The molecular weight excluding hydrogens is 154 g/mol. The predicted molar refractivity (Wildman–Crippen MR) is 44.1 cm³/mol. The number of allylic oxidation sites excluding steroid dienone is 2. The molecule has 2 N–H and O–H groups in total. The lowest BCUT2D eigenvalue weighted by Gasteiger charge is -2.22. The maximum Gasteiger partial charge on any atom is 0.105 e. The summed E-state index contributed by atoms with van der Waals surface area (Å²) in [5, 5.41) is 26.9. The third-order valence-electron chi connectivity index (χ3n) is 1.90. The molecular formula is C9H11NO2. The van der Waals surface area contributed by atoms with Crippen molar-refractivity contribution >= 4 is 0 Å². The monoisotopic (exact) mass is 165 g/mol. The molecule has 0 heterocycles. The third kappa shape index (κ3) is 1.94. The molecule has 0 saturated carbocycles. The van der Waals surface area contributed by atoms with Crippen LogP contribution >= 0.6 is 0 Å². The van der Waals surface area contributed by atoms with Crippen LogP contribution in [0.5, 0.6) is 0 Å². The predicted octanol–water partition coefficient (Wildman–Crippen LogP) is 0.508. The van der Waals surface area contributed by atoms with Crippen molar-refractivity contribution in [2.24, 2.45) is 0 Å². The Balaban J connectivity index is 2.70. The zero-order valence-corrected chi connectivity index (χ0v) is 6.64. The minimum atomic E-state index is -0.830. The van der Waals surface area contributed by atoms with Crippen molar-refractivity contribution in [1.29, 1.82) is 5.26 Å². The first kappa shape index (κ1) is 8.98. The smallest absolute Gasteiger partial charge is 0.105 e. The van der Waals surface area contributed by atoms with Gasteiger partial charge in [-0.3, -0.25) is 0 Å². The van der Waals surface area contributed by atoms with Gasteiger partial charge in [-0.05, 0) is 24.5 Å². The van der Waals surface area contributed by atoms with Crippen LogP contribution in [0.15, 0.2) is 23.8 Å². The Morgan fingerprint density at radius 1 is 1.58 bits per heavy atom. The average Bonchev–Trinajstić information content (AvgIpc) is 2.08. The fourth-order valence-electron chi connectivity index (χ4n) is 1.22. The Hall–Kier alpha value is -1.11. The quantitative estimate of drug-likeness (QED) is 0.556. The first-order valence-corrected chi connectivity index (χ1v) is 3.88. The van der Waals surface area contributed by atoms with E-state index < -0.39 is 12.2 Å². The summed E-state index contributed by atoms with van der Waals surface area (Å²) in [6.45, 7) is 0. The molecule has 3 nitrogen and oxygen atoms in total. The molecule has 0 aliphatic heterocycles. The van der Waals surface area contributed by atoms with Crippen LogP contribution in [0.3, 0.4) is 0 Å². The number of nitriles is 1. The van der Waals surface area contributed by atoms with E-state index in [2.05, 4.69) is 0 Å². The number of rotatable bonds is 1. The summed E-state index contributed by atoms with van der Waals surface area (Å²) >= 11 is 0. The van der Waals surface area contributed by atoms with Crippen LogP contribution in [0.25, 0.3) is 0 Å². The Morgan fingerprint density at radius 2 is 2.33 bits per heavy atom. The molecule has 3 heteroatoms. The molecule has 1 aliphatic rings. The molecule has 12 heavy (non-hydrogen) atoms. The van der Waals surface area contributed by atoms with E-state index in [0.717, 1.165) is 6.42 Å². The van der Waals surface area contributed by atoms with Gasteiger partial charge in [-0.2, -0.15) is 5.26 Å². The Morgan fingerprint density at radius 3 is 3.00 bits per heavy atom. The van der Waals surface area contributed by atoms with Gasteiger partial charge in [-0.1, -0.05) is 6.08 Å². The Labute approximate surface area is 71.3 Å². The van der Waals surface area contributed by atoms with Crippen LogP contribution in [-0.2, 0) is 0 Å². The first-order valence-electron chi connectivity index (χ1n) is 3.88. The van der Waals surface area contributed by atoms with Crippen molar-refractivity contribution in [1.82, 2.24) is 0 Å².